The molecular weight excluding hydrogens is 86.1 g/mol. The third kappa shape index (κ3) is 3.53. The molecule has 0 aromatic rings. The number of rotatable bonds is 3. The van der Waals surface area contributed by atoms with Crippen LogP contribution in [0.25, 0.3) is 0 Å². The predicted octanol–water partition coefficient (Wildman–Crippen LogP) is 1.17. The fourth-order valence-corrected chi connectivity index (χ4v) is 0.368. The Balaban J connectivity index is 2.98. The molecule has 0 aromatic heterocycles. The van der Waals surface area contributed by atoms with Gasteiger partial charge in [0.1, 0.15) is 0 Å². The zero-order chi connectivity index (χ0) is 5.70. The van der Waals surface area contributed by atoms with Crippen LogP contribution in [0, 0.1) is 0 Å². The molecule has 0 amide bonds. The zero-order valence-electron chi connectivity index (χ0n) is 5.07. The molecule has 1 heteroatoms. The van der Waals surface area contributed by atoms with Gasteiger partial charge in [-0.3, -0.25) is 0 Å². The number of hydrogen-bond acceptors (Lipinski definition) is 1. The SMILES string of the molecule is C=CC[C@@H](C)NC. The summed E-state index contributed by atoms with van der Waals surface area (Å²) in [5.74, 6) is 0. The van der Waals surface area contributed by atoms with Gasteiger partial charge in [0.15, 0.2) is 0 Å². The average Bonchev–Trinajstić information content (AvgIpc) is 1.68. The van der Waals surface area contributed by atoms with Gasteiger partial charge >= 0.3 is 0 Å². The summed E-state index contributed by atoms with van der Waals surface area (Å²) in [5.41, 5.74) is 0. The Morgan fingerprint density at radius 2 is 2.43 bits per heavy atom. The van der Waals surface area contributed by atoms with Crippen LogP contribution in [0.3, 0.4) is 0 Å². The second-order valence-electron chi connectivity index (χ2n) is 1.71. The maximum atomic E-state index is 3.61. The normalized spacial score (nSPS) is 13.4. The van der Waals surface area contributed by atoms with Crippen molar-refractivity contribution in [2.45, 2.75) is 19.4 Å². The Kier molecular flexibility index (Phi) is 3.71. The van der Waals surface area contributed by atoms with E-state index in [1.54, 1.807) is 0 Å². The minimum Gasteiger partial charge on any atom is -0.317 e. The molecule has 7 heavy (non-hydrogen) atoms. The van der Waals surface area contributed by atoms with E-state index in [2.05, 4.69) is 18.8 Å². The maximum absolute atomic E-state index is 3.61. The van der Waals surface area contributed by atoms with Crippen molar-refractivity contribution in [1.82, 2.24) is 5.32 Å². The molecular formula is C6H13N. The van der Waals surface area contributed by atoms with Crippen LogP contribution in [-0.4, -0.2) is 13.1 Å². The van der Waals surface area contributed by atoms with Gasteiger partial charge in [-0.1, -0.05) is 6.08 Å². The van der Waals surface area contributed by atoms with E-state index in [4.69, 9.17) is 0 Å². The van der Waals surface area contributed by atoms with Crippen molar-refractivity contribution in [3.8, 4) is 0 Å². The van der Waals surface area contributed by atoms with Crippen LogP contribution in [-0.2, 0) is 0 Å². The van der Waals surface area contributed by atoms with Crippen molar-refractivity contribution in [3.63, 3.8) is 0 Å². The third-order valence-corrected chi connectivity index (χ3v) is 1.01. The van der Waals surface area contributed by atoms with Crippen molar-refractivity contribution in [2.24, 2.45) is 0 Å². The summed E-state index contributed by atoms with van der Waals surface area (Å²) in [6.07, 6.45) is 2.97. The lowest BCUT2D eigenvalue weighted by Gasteiger charge is -2.03. The molecule has 0 fully saturated rings. The number of hydrogen-bond donors (Lipinski definition) is 1. The maximum Gasteiger partial charge on any atom is 0.00701 e. The summed E-state index contributed by atoms with van der Waals surface area (Å²) in [6.45, 7) is 5.74. The Morgan fingerprint density at radius 3 is 2.57 bits per heavy atom. The summed E-state index contributed by atoms with van der Waals surface area (Å²) in [4.78, 5) is 0. The van der Waals surface area contributed by atoms with Crippen LogP contribution in [0.1, 0.15) is 13.3 Å². The van der Waals surface area contributed by atoms with E-state index in [1.165, 1.54) is 0 Å². The lowest BCUT2D eigenvalue weighted by molar-refractivity contribution is 0.620. The molecule has 0 radical (unpaired) electrons. The second kappa shape index (κ2) is 3.88. The van der Waals surface area contributed by atoms with Gasteiger partial charge in [-0.15, -0.1) is 6.58 Å². The average molecular weight is 99.2 g/mol. The highest BCUT2D eigenvalue weighted by Gasteiger charge is 1.88. The first kappa shape index (κ1) is 6.70. The quantitative estimate of drug-likeness (QED) is 0.524. The smallest absolute Gasteiger partial charge is 0.00701 e. The highest BCUT2D eigenvalue weighted by atomic mass is 14.8. The molecule has 1 nitrogen and oxygen atoms in total. The first-order valence-electron chi connectivity index (χ1n) is 2.59. The van der Waals surface area contributed by atoms with E-state index in [1.807, 2.05) is 13.1 Å². The molecule has 0 saturated carbocycles. The molecule has 0 aromatic carbocycles. The Morgan fingerprint density at radius 1 is 1.86 bits per heavy atom. The Labute approximate surface area is 45.4 Å². The summed E-state index contributed by atoms with van der Waals surface area (Å²) >= 11 is 0. The van der Waals surface area contributed by atoms with E-state index >= 15 is 0 Å². The fraction of sp³-hybridized carbons (Fsp3) is 0.667. The van der Waals surface area contributed by atoms with Crippen LogP contribution in [0.15, 0.2) is 12.7 Å². The van der Waals surface area contributed by atoms with E-state index in [0.717, 1.165) is 6.42 Å². The van der Waals surface area contributed by atoms with Gasteiger partial charge in [0, 0.05) is 6.04 Å². The summed E-state index contributed by atoms with van der Waals surface area (Å²) in [6, 6.07) is 0.581. The second-order valence-corrected chi connectivity index (χ2v) is 1.71. The number of nitrogens with one attached hydrogen (secondary N) is 1. The molecule has 0 aliphatic heterocycles. The van der Waals surface area contributed by atoms with Gasteiger partial charge in [0.05, 0.1) is 0 Å². The first-order valence-corrected chi connectivity index (χ1v) is 2.59. The first-order chi connectivity index (χ1) is 3.31. The van der Waals surface area contributed by atoms with Crippen molar-refractivity contribution in [3.05, 3.63) is 12.7 Å². The Bertz CT molecular complexity index is 50.1. The van der Waals surface area contributed by atoms with E-state index in [-0.39, 0.29) is 0 Å². The molecule has 0 bridgehead atoms. The predicted molar refractivity (Wildman–Crippen MR) is 33.3 cm³/mol. The zero-order valence-corrected chi connectivity index (χ0v) is 5.07. The van der Waals surface area contributed by atoms with Crippen LogP contribution < -0.4 is 5.32 Å². The molecule has 0 rings (SSSR count). The van der Waals surface area contributed by atoms with E-state index in [9.17, 15) is 0 Å². The topological polar surface area (TPSA) is 12.0 Å². The van der Waals surface area contributed by atoms with Gasteiger partial charge in [0.25, 0.3) is 0 Å². The summed E-state index contributed by atoms with van der Waals surface area (Å²) in [7, 11) is 1.95. The van der Waals surface area contributed by atoms with Crippen LogP contribution in [0.5, 0.6) is 0 Å². The highest BCUT2D eigenvalue weighted by molar-refractivity contribution is 4.72. The van der Waals surface area contributed by atoms with Crippen LogP contribution >= 0.6 is 0 Å². The molecule has 0 aliphatic rings. The van der Waals surface area contributed by atoms with E-state index in [0.29, 0.717) is 6.04 Å². The molecule has 0 aliphatic carbocycles. The van der Waals surface area contributed by atoms with Gasteiger partial charge in [-0.2, -0.15) is 0 Å². The molecule has 0 saturated heterocycles. The summed E-state index contributed by atoms with van der Waals surface area (Å²) in [5, 5.41) is 3.09. The monoisotopic (exact) mass is 99.1 g/mol. The fourth-order valence-electron chi connectivity index (χ4n) is 0.368. The highest BCUT2D eigenvalue weighted by Crippen LogP contribution is 1.86. The van der Waals surface area contributed by atoms with Crippen LogP contribution in [0.2, 0.25) is 0 Å². The van der Waals surface area contributed by atoms with Crippen molar-refractivity contribution >= 4 is 0 Å². The van der Waals surface area contributed by atoms with Crippen LogP contribution in [0.4, 0.5) is 0 Å². The lowest BCUT2D eigenvalue weighted by Crippen LogP contribution is -2.19. The standard InChI is InChI=1S/C6H13N/c1-4-5-6(2)7-3/h4,6-7H,1,5H2,2-3H3/t6-/m1/s1. The van der Waals surface area contributed by atoms with Crippen molar-refractivity contribution in [1.29, 1.82) is 0 Å². The minimum absolute atomic E-state index is 0.581. The summed E-state index contributed by atoms with van der Waals surface area (Å²) < 4.78 is 0. The molecule has 1 N–H and O–H groups in total. The molecule has 42 valence electrons. The molecule has 1 atom stereocenters. The van der Waals surface area contributed by atoms with Crippen molar-refractivity contribution < 1.29 is 0 Å². The molecule has 0 unspecified atom stereocenters. The lowest BCUT2D eigenvalue weighted by atomic mass is 10.2. The van der Waals surface area contributed by atoms with Crippen molar-refractivity contribution in [2.75, 3.05) is 7.05 Å². The largest absolute Gasteiger partial charge is 0.317 e. The van der Waals surface area contributed by atoms with E-state index < -0.39 is 0 Å². The van der Waals surface area contributed by atoms with Gasteiger partial charge in [-0.25, -0.2) is 0 Å². The molecule has 0 heterocycles. The van der Waals surface area contributed by atoms with Gasteiger partial charge in [-0.05, 0) is 20.4 Å². The van der Waals surface area contributed by atoms with Gasteiger partial charge in [0.2, 0.25) is 0 Å². The Hall–Kier alpha value is -0.300. The third-order valence-electron chi connectivity index (χ3n) is 1.01. The molecule has 0 spiro atoms. The minimum atomic E-state index is 0.581. The van der Waals surface area contributed by atoms with Gasteiger partial charge < -0.3 is 5.32 Å².